The van der Waals surface area contributed by atoms with Gasteiger partial charge in [-0.2, -0.15) is 0 Å². The lowest BCUT2D eigenvalue weighted by molar-refractivity contribution is 0.146. The predicted octanol–water partition coefficient (Wildman–Crippen LogP) is 4.41. The Labute approximate surface area is 189 Å². The summed E-state index contributed by atoms with van der Waals surface area (Å²) >= 11 is 0. The number of pyridine rings is 1. The fourth-order valence-electron chi connectivity index (χ4n) is 4.29. The second-order valence-electron chi connectivity index (χ2n) is 7.88. The average Bonchev–Trinajstić information content (AvgIpc) is 2.83. The first-order valence-corrected chi connectivity index (χ1v) is 10.8. The lowest BCUT2D eigenvalue weighted by Gasteiger charge is -2.34. The topological polar surface area (TPSA) is 61.8 Å². The lowest BCUT2D eigenvalue weighted by atomic mass is 9.84. The van der Waals surface area contributed by atoms with Crippen molar-refractivity contribution in [2.75, 3.05) is 34.5 Å². The molecule has 1 N–H and O–H groups in total. The highest BCUT2D eigenvalue weighted by Crippen LogP contribution is 2.41. The molecule has 0 saturated carbocycles. The van der Waals surface area contributed by atoms with E-state index < -0.39 is 0 Å². The first kappa shape index (κ1) is 22.1. The molecule has 6 nitrogen and oxygen atoms in total. The summed E-state index contributed by atoms with van der Waals surface area (Å²) < 4.78 is 22.2. The Morgan fingerprint density at radius 2 is 1.78 bits per heavy atom. The van der Waals surface area contributed by atoms with Crippen LogP contribution < -0.4 is 19.5 Å². The molecular formula is C26H30N2O4. The van der Waals surface area contributed by atoms with E-state index in [0.717, 1.165) is 34.9 Å². The first-order valence-electron chi connectivity index (χ1n) is 10.8. The summed E-state index contributed by atoms with van der Waals surface area (Å²) in [6.07, 6.45) is 2.67. The van der Waals surface area contributed by atoms with Crippen molar-refractivity contribution in [1.29, 1.82) is 0 Å². The number of nitrogens with zero attached hydrogens (tertiary/aromatic N) is 1. The van der Waals surface area contributed by atoms with Gasteiger partial charge in [0.15, 0.2) is 11.5 Å². The van der Waals surface area contributed by atoms with Crippen LogP contribution in [0.15, 0.2) is 54.7 Å². The quantitative estimate of drug-likeness (QED) is 0.530. The number of hydrogen-bond donors (Lipinski definition) is 1. The Morgan fingerprint density at radius 3 is 2.53 bits per heavy atom. The fourth-order valence-corrected chi connectivity index (χ4v) is 4.29. The summed E-state index contributed by atoms with van der Waals surface area (Å²) in [4.78, 5) is 4.69. The molecule has 0 bridgehead atoms. The number of rotatable bonds is 8. The molecule has 2 aromatic carbocycles. The monoisotopic (exact) mass is 434 g/mol. The Hall–Kier alpha value is -3.09. The summed E-state index contributed by atoms with van der Waals surface area (Å²) in [6.45, 7) is 3.16. The van der Waals surface area contributed by atoms with Crippen LogP contribution in [0, 0.1) is 6.92 Å². The number of hydrogen-bond acceptors (Lipinski definition) is 6. The molecule has 2 atom stereocenters. The van der Waals surface area contributed by atoms with Gasteiger partial charge in [0.25, 0.3) is 0 Å². The molecule has 0 spiro atoms. The zero-order chi connectivity index (χ0) is 22.5. The van der Waals surface area contributed by atoms with Crippen LogP contribution in [0.2, 0.25) is 0 Å². The molecule has 1 aliphatic heterocycles. The average molecular weight is 435 g/mol. The maximum absolute atomic E-state index is 5.87. The largest absolute Gasteiger partial charge is 0.493 e. The van der Waals surface area contributed by atoms with Crippen molar-refractivity contribution in [2.45, 2.75) is 25.4 Å². The Bertz CT molecular complexity index is 1070. The maximum Gasteiger partial charge on any atom is 0.161 e. The number of aromatic nitrogens is 1. The van der Waals surface area contributed by atoms with E-state index in [1.165, 1.54) is 16.7 Å². The van der Waals surface area contributed by atoms with E-state index in [4.69, 9.17) is 18.9 Å². The normalized spacial score (nSPS) is 17.5. The smallest absolute Gasteiger partial charge is 0.161 e. The maximum atomic E-state index is 5.87. The van der Waals surface area contributed by atoms with Crippen molar-refractivity contribution in [2.24, 2.45) is 0 Å². The van der Waals surface area contributed by atoms with Gasteiger partial charge in [-0.05, 0) is 65.9 Å². The zero-order valence-corrected chi connectivity index (χ0v) is 19.1. The SMILES string of the molecule is COCCOc1cccc([C@@H]2N[C@H](c3ncccc3C)Cc3cc(OC)c(OC)cc32)c1. The first-order chi connectivity index (χ1) is 15.6. The molecule has 3 aromatic rings. The van der Waals surface area contributed by atoms with Gasteiger partial charge in [0.05, 0.1) is 38.6 Å². The Kier molecular flexibility index (Phi) is 6.93. The third-order valence-electron chi connectivity index (χ3n) is 5.88. The molecule has 2 heterocycles. The van der Waals surface area contributed by atoms with Crippen LogP contribution >= 0.6 is 0 Å². The van der Waals surface area contributed by atoms with E-state index in [0.29, 0.717) is 13.2 Å². The molecule has 0 unspecified atom stereocenters. The summed E-state index contributed by atoms with van der Waals surface area (Å²) in [5.41, 5.74) is 5.73. The van der Waals surface area contributed by atoms with Gasteiger partial charge < -0.3 is 18.9 Å². The number of fused-ring (bicyclic) bond motifs is 1. The molecule has 1 aromatic heterocycles. The van der Waals surface area contributed by atoms with E-state index in [9.17, 15) is 0 Å². The van der Waals surface area contributed by atoms with Crippen molar-refractivity contribution in [1.82, 2.24) is 10.3 Å². The van der Waals surface area contributed by atoms with Gasteiger partial charge in [-0.3, -0.25) is 10.3 Å². The van der Waals surface area contributed by atoms with Gasteiger partial charge in [0.1, 0.15) is 12.4 Å². The second kappa shape index (κ2) is 10.0. The van der Waals surface area contributed by atoms with Gasteiger partial charge in [0.2, 0.25) is 0 Å². The summed E-state index contributed by atoms with van der Waals surface area (Å²) in [5.74, 6) is 2.28. The molecule has 0 amide bonds. The molecule has 4 rings (SSSR count). The summed E-state index contributed by atoms with van der Waals surface area (Å²) in [5, 5.41) is 3.83. The number of nitrogens with one attached hydrogen (secondary N) is 1. The predicted molar refractivity (Wildman–Crippen MR) is 124 cm³/mol. The molecule has 0 radical (unpaired) electrons. The molecule has 1 aliphatic rings. The van der Waals surface area contributed by atoms with Crippen LogP contribution in [0.5, 0.6) is 17.2 Å². The van der Waals surface area contributed by atoms with Crippen LogP contribution in [-0.2, 0) is 11.2 Å². The van der Waals surface area contributed by atoms with Gasteiger partial charge in [0, 0.05) is 13.3 Å². The number of aryl methyl sites for hydroxylation is 1. The molecule has 168 valence electrons. The van der Waals surface area contributed by atoms with Crippen molar-refractivity contribution in [3.63, 3.8) is 0 Å². The standard InChI is InChI=1S/C26H30N2O4/c1-17-7-6-10-27-25(17)22-14-19-15-23(30-3)24(31-4)16-21(19)26(28-22)18-8-5-9-20(13-18)32-12-11-29-2/h5-10,13,15-16,22,26,28H,11-12,14H2,1-4H3/t22-,26-/m0/s1. The van der Waals surface area contributed by atoms with E-state index >= 15 is 0 Å². The Balaban J connectivity index is 1.76. The summed E-state index contributed by atoms with van der Waals surface area (Å²) in [6, 6.07) is 16.5. The lowest BCUT2D eigenvalue weighted by Crippen LogP contribution is -2.35. The van der Waals surface area contributed by atoms with Crippen LogP contribution in [0.25, 0.3) is 0 Å². The van der Waals surface area contributed by atoms with Gasteiger partial charge >= 0.3 is 0 Å². The summed E-state index contributed by atoms with van der Waals surface area (Å²) in [7, 11) is 5.01. The zero-order valence-electron chi connectivity index (χ0n) is 19.1. The van der Waals surface area contributed by atoms with Crippen molar-refractivity contribution < 1.29 is 18.9 Å². The third kappa shape index (κ3) is 4.56. The van der Waals surface area contributed by atoms with Gasteiger partial charge in [-0.25, -0.2) is 0 Å². The molecular weight excluding hydrogens is 404 g/mol. The minimum atomic E-state index is -0.0454. The Morgan fingerprint density at radius 1 is 0.969 bits per heavy atom. The van der Waals surface area contributed by atoms with E-state index in [1.54, 1.807) is 21.3 Å². The van der Waals surface area contributed by atoms with Crippen molar-refractivity contribution in [3.8, 4) is 17.2 Å². The highest BCUT2D eigenvalue weighted by atomic mass is 16.5. The number of benzene rings is 2. The molecule has 0 saturated heterocycles. The number of methoxy groups -OCH3 is 3. The minimum absolute atomic E-state index is 0.0454. The molecule has 6 heteroatoms. The van der Waals surface area contributed by atoms with Crippen molar-refractivity contribution >= 4 is 0 Å². The van der Waals surface area contributed by atoms with Crippen LogP contribution in [0.3, 0.4) is 0 Å². The molecule has 32 heavy (non-hydrogen) atoms. The van der Waals surface area contributed by atoms with Gasteiger partial charge in [-0.15, -0.1) is 0 Å². The highest BCUT2D eigenvalue weighted by Gasteiger charge is 2.31. The van der Waals surface area contributed by atoms with E-state index in [2.05, 4.69) is 47.6 Å². The second-order valence-corrected chi connectivity index (χ2v) is 7.88. The minimum Gasteiger partial charge on any atom is -0.493 e. The van der Waals surface area contributed by atoms with Crippen LogP contribution in [0.4, 0.5) is 0 Å². The van der Waals surface area contributed by atoms with Crippen molar-refractivity contribution in [3.05, 3.63) is 82.7 Å². The highest BCUT2D eigenvalue weighted by molar-refractivity contribution is 5.53. The van der Waals surface area contributed by atoms with E-state index in [-0.39, 0.29) is 12.1 Å². The number of ether oxygens (including phenoxy) is 4. The van der Waals surface area contributed by atoms with E-state index in [1.807, 2.05) is 24.4 Å². The van der Waals surface area contributed by atoms with Gasteiger partial charge in [-0.1, -0.05) is 18.2 Å². The van der Waals surface area contributed by atoms with Crippen LogP contribution in [0.1, 0.15) is 40.0 Å². The fraction of sp³-hybridized carbons (Fsp3) is 0.346. The molecule has 0 fully saturated rings. The third-order valence-corrected chi connectivity index (χ3v) is 5.88. The molecule has 0 aliphatic carbocycles. The van der Waals surface area contributed by atoms with Crippen LogP contribution in [-0.4, -0.2) is 39.5 Å².